The molecule has 2 atom stereocenters. The Morgan fingerprint density at radius 3 is 1.32 bits per heavy atom. The number of hydrogen-bond donors (Lipinski definition) is 0. The molecule has 0 aliphatic heterocycles. The van der Waals surface area contributed by atoms with Gasteiger partial charge in [0.1, 0.15) is 0 Å². The Balaban J connectivity index is 0.977. The highest BCUT2D eigenvalue weighted by molar-refractivity contribution is 7.54. The third kappa shape index (κ3) is 8.58. The van der Waals surface area contributed by atoms with Crippen molar-refractivity contribution in [1.29, 1.82) is 10.5 Å². The fraction of sp³-hybridized carbons (Fsp3) is 0.308. The molecule has 0 saturated heterocycles. The van der Waals surface area contributed by atoms with Crippen molar-refractivity contribution in [3.8, 4) is 41.4 Å². The van der Waals surface area contributed by atoms with Crippen molar-refractivity contribution >= 4 is 182 Å². The van der Waals surface area contributed by atoms with Crippen molar-refractivity contribution < 1.29 is 0 Å². The molecule has 0 aliphatic rings. The van der Waals surface area contributed by atoms with E-state index in [1.54, 1.807) is 22.7 Å². The molecule has 4 nitrogen and oxygen atoms in total. The SMILES string of the molecule is [C-]#[N+]/C(C#N)=C\c1sc(-c2cc3sc4sc5sc(-c6cc7sc8sc9sc(-c%10cc(CC(CC)CCCC)c(/C=C(\C#N)[N+]#[C-])s%10)cc9c8c7s6)cc5c4c3s2)cc1CC(CC)CCCC. The van der Waals surface area contributed by atoms with Crippen LogP contribution >= 0.6 is 113 Å². The van der Waals surface area contributed by atoms with Crippen LogP contribution in [0.2, 0.25) is 0 Å². The molecular weight excluding hydrogens is 1000 g/mol. The molecular formula is C52H42N4S10. The van der Waals surface area contributed by atoms with Crippen molar-refractivity contribution in [3.63, 3.8) is 0 Å². The molecule has 10 rings (SSSR count). The maximum Gasteiger partial charge on any atom is 0.263 e. The largest absolute Gasteiger partial charge is 0.263 e. The third-order valence-electron chi connectivity index (χ3n) is 12.5. The average Bonchev–Trinajstić information content (AvgIpc) is 4.17. The summed E-state index contributed by atoms with van der Waals surface area (Å²) in [7, 11) is 0. The Hall–Kier alpha value is -4.00. The van der Waals surface area contributed by atoms with E-state index in [2.05, 4.69) is 85.9 Å². The highest BCUT2D eigenvalue weighted by Gasteiger charge is 2.24. The van der Waals surface area contributed by atoms with Crippen LogP contribution in [0.25, 0.3) is 108 Å². The number of fused-ring (bicyclic) bond motifs is 10. The van der Waals surface area contributed by atoms with Gasteiger partial charge in [0.05, 0.1) is 50.7 Å². The predicted molar refractivity (Wildman–Crippen MR) is 301 cm³/mol. The Labute approximate surface area is 424 Å². The van der Waals surface area contributed by atoms with Crippen LogP contribution in [0.5, 0.6) is 0 Å². The van der Waals surface area contributed by atoms with Crippen molar-refractivity contribution in [3.05, 3.63) is 91.5 Å². The summed E-state index contributed by atoms with van der Waals surface area (Å²) < 4.78 is 11.0. The first-order chi connectivity index (χ1) is 32.3. The zero-order valence-corrected chi connectivity index (χ0v) is 44.9. The molecule has 0 amide bonds. The maximum atomic E-state index is 9.63. The van der Waals surface area contributed by atoms with Crippen LogP contribution in [-0.4, -0.2) is 0 Å². The molecule has 0 bridgehead atoms. The van der Waals surface area contributed by atoms with Crippen LogP contribution in [-0.2, 0) is 12.8 Å². The van der Waals surface area contributed by atoms with Crippen LogP contribution in [0.1, 0.15) is 99.9 Å². The number of rotatable bonds is 17. The summed E-state index contributed by atoms with van der Waals surface area (Å²) in [5.41, 5.74) is 2.82. The topological polar surface area (TPSA) is 56.3 Å². The van der Waals surface area contributed by atoms with Crippen LogP contribution in [0, 0.1) is 47.6 Å². The van der Waals surface area contributed by atoms with Gasteiger partial charge in [0.15, 0.2) is 0 Å². The van der Waals surface area contributed by atoms with Gasteiger partial charge >= 0.3 is 0 Å². The molecule has 2 unspecified atom stereocenters. The standard InChI is InChI=1S/C52H42N4S10/c1-7-11-13-27(9-3)15-29-17-37(57-35(29)19-31(25-53)55-5)39-21-33-45-48-44(64-51(45)65-49(33)61-39)24-42(60-48)40-22-34-46-47-43(63-52(46)66-50(34)62-40)23-41(59-47)38-18-30(16-28(10-4)14-12-8-2)36(58-38)20-32(26-54)56-6/h17-24,27-28H,7-16H2,1-4H3/b31-19+,32-20-. The molecule has 0 radical (unpaired) electrons. The average molecular weight is 1040 g/mol. The first-order valence-electron chi connectivity index (χ1n) is 22.3. The van der Waals surface area contributed by atoms with E-state index < -0.39 is 0 Å². The summed E-state index contributed by atoms with van der Waals surface area (Å²) in [6.07, 6.45) is 15.1. The monoisotopic (exact) mass is 1040 g/mol. The lowest BCUT2D eigenvalue weighted by molar-refractivity contribution is 0.449. The molecule has 10 aromatic heterocycles. The van der Waals surface area contributed by atoms with E-state index in [4.69, 9.17) is 13.1 Å². The summed E-state index contributed by atoms with van der Waals surface area (Å²) in [6.45, 7) is 24.2. The summed E-state index contributed by atoms with van der Waals surface area (Å²) in [4.78, 5) is 16.8. The van der Waals surface area contributed by atoms with Gasteiger partial charge in [0, 0.05) is 70.0 Å². The zero-order chi connectivity index (χ0) is 45.6. The molecule has 0 N–H and O–H groups in total. The van der Waals surface area contributed by atoms with Gasteiger partial charge in [0.2, 0.25) is 0 Å². The first kappa shape index (κ1) is 45.8. The predicted octanol–water partition coefficient (Wildman–Crippen LogP) is 21.3. The molecule has 0 aliphatic carbocycles. The summed E-state index contributed by atoms with van der Waals surface area (Å²) in [6, 6.07) is 18.5. The summed E-state index contributed by atoms with van der Waals surface area (Å²) in [5, 5.41) is 24.8. The summed E-state index contributed by atoms with van der Waals surface area (Å²) in [5.74, 6) is 1.19. The van der Waals surface area contributed by atoms with E-state index in [-0.39, 0.29) is 11.4 Å². The van der Waals surface area contributed by atoms with Gasteiger partial charge in [-0.1, -0.05) is 79.1 Å². The molecule has 0 saturated carbocycles. The lowest BCUT2D eigenvalue weighted by Gasteiger charge is -2.14. The van der Waals surface area contributed by atoms with Gasteiger partial charge in [-0.15, -0.1) is 113 Å². The Bertz CT molecular complexity index is 3410. The molecule has 0 spiro atoms. The molecule has 14 heteroatoms. The lowest BCUT2D eigenvalue weighted by atomic mass is 9.92. The van der Waals surface area contributed by atoms with E-state index in [0.29, 0.717) is 11.8 Å². The second kappa shape index (κ2) is 19.5. The Kier molecular flexibility index (Phi) is 13.6. The van der Waals surface area contributed by atoms with Crippen molar-refractivity contribution in [2.45, 2.75) is 91.9 Å². The van der Waals surface area contributed by atoms with Gasteiger partial charge < -0.3 is 0 Å². The maximum absolute atomic E-state index is 9.63. The number of unbranched alkanes of at least 4 members (excludes halogenated alkanes) is 2. The molecule has 0 fully saturated rings. The molecule has 0 aromatic carbocycles. The lowest BCUT2D eigenvalue weighted by Crippen LogP contribution is -2.03. The number of thiophene rings is 10. The molecule has 330 valence electrons. The smallest absolute Gasteiger partial charge is 0.227 e. The Morgan fingerprint density at radius 2 is 0.939 bits per heavy atom. The minimum atomic E-state index is 0.147. The minimum absolute atomic E-state index is 0.147. The summed E-state index contributed by atoms with van der Waals surface area (Å²) >= 11 is 18.8. The van der Waals surface area contributed by atoms with Crippen LogP contribution in [0.15, 0.2) is 47.8 Å². The second-order valence-corrected chi connectivity index (χ2v) is 28.3. The fourth-order valence-corrected chi connectivity index (χ4v) is 22.6. The van der Waals surface area contributed by atoms with Crippen molar-refractivity contribution in [1.82, 2.24) is 0 Å². The Morgan fingerprint density at radius 1 is 0.530 bits per heavy atom. The molecule has 10 aromatic rings. The van der Waals surface area contributed by atoms with E-state index in [1.165, 1.54) is 135 Å². The van der Waals surface area contributed by atoms with Crippen molar-refractivity contribution in [2.75, 3.05) is 0 Å². The number of hydrogen-bond acceptors (Lipinski definition) is 12. The fourth-order valence-electron chi connectivity index (χ4n) is 8.88. The van der Waals surface area contributed by atoms with Gasteiger partial charge in [0.25, 0.3) is 11.4 Å². The van der Waals surface area contributed by atoms with Crippen LogP contribution in [0.4, 0.5) is 0 Å². The van der Waals surface area contributed by atoms with E-state index >= 15 is 0 Å². The number of nitriles is 2. The number of allylic oxidation sites excluding steroid dienone is 2. The van der Waals surface area contributed by atoms with E-state index in [0.717, 1.165) is 35.4 Å². The van der Waals surface area contributed by atoms with Crippen molar-refractivity contribution in [2.24, 2.45) is 11.8 Å². The van der Waals surface area contributed by atoms with E-state index in [1.807, 2.05) is 103 Å². The van der Waals surface area contributed by atoms with Crippen LogP contribution in [0.3, 0.4) is 0 Å². The molecule has 10 heterocycles. The zero-order valence-electron chi connectivity index (χ0n) is 36.7. The quantitative estimate of drug-likeness (QED) is 0.0674. The van der Waals surface area contributed by atoms with Gasteiger partial charge in [-0.25, -0.2) is 20.2 Å². The highest BCUT2D eigenvalue weighted by atomic mass is 32.2. The highest BCUT2D eigenvalue weighted by Crippen LogP contribution is 2.56. The normalized spacial score (nSPS) is 13.5. The minimum Gasteiger partial charge on any atom is -0.227 e. The van der Waals surface area contributed by atoms with E-state index in [9.17, 15) is 10.5 Å². The second-order valence-electron chi connectivity index (χ2n) is 16.7. The van der Waals surface area contributed by atoms with Crippen LogP contribution < -0.4 is 0 Å². The van der Waals surface area contributed by atoms with Gasteiger partial charge in [-0.05, 0) is 84.4 Å². The first-order valence-corrected chi connectivity index (χ1v) is 30.4. The van der Waals surface area contributed by atoms with Gasteiger partial charge in [-0.2, -0.15) is 0 Å². The van der Waals surface area contributed by atoms with Gasteiger partial charge in [-0.3, -0.25) is 0 Å². The number of nitrogens with zero attached hydrogens (tertiary/aromatic N) is 4. The third-order valence-corrected chi connectivity index (χ3v) is 25.2. The molecule has 66 heavy (non-hydrogen) atoms.